The Hall–Kier alpha value is -5.60. The van der Waals surface area contributed by atoms with E-state index >= 15 is 0 Å². The number of carbonyl (C=O) groups is 3. The normalized spacial score (nSPS) is 10.8. The van der Waals surface area contributed by atoms with Crippen LogP contribution in [0.1, 0.15) is 68.8 Å². The van der Waals surface area contributed by atoms with Crippen molar-refractivity contribution in [3.8, 4) is 0 Å². The average Bonchev–Trinajstić information content (AvgIpc) is 3.39. The summed E-state index contributed by atoms with van der Waals surface area (Å²) in [5, 5.41) is 13.9. The number of para-hydroxylation sites is 2. The van der Waals surface area contributed by atoms with Gasteiger partial charge in [0.05, 0.1) is 17.8 Å². The first-order valence-electron chi connectivity index (χ1n) is 18.0. The third-order valence-electron chi connectivity index (χ3n) is 9.58. The molecule has 6 rings (SSSR count). The van der Waals surface area contributed by atoms with Crippen molar-refractivity contribution in [1.29, 1.82) is 0 Å². The van der Waals surface area contributed by atoms with Gasteiger partial charge in [-0.15, -0.1) is 0 Å². The topological polar surface area (TPSA) is 118 Å². The lowest BCUT2D eigenvalue weighted by atomic mass is 9.98. The van der Waals surface area contributed by atoms with Crippen LogP contribution in [0, 0.1) is 13.8 Å². The molecule has 0 aliphatic rings. The Balaban J connectivity index is 0.000000526. The van der Waals surface area contributed by atoms with E-state index in [1.807, 2.05) is 36.4 Å². The minimum Gasteiger partial charge on any atom is -0.397 e. The zero-order valence-electron chi connectivity index (χ0n) is 30.7. The van der Waals surface area contributed by atoms with Crippen LogP contribution in [-0.2, 0) is 24.8 Å². The fraction of sp³-hybridized carbons (Fsp3) is 0.250. The highest BCUT2D eigenvalue weighted by molar-refractivity contribution is 6.30. The molecule has 1 heterocycles. The van der Waals surface area contributed by atoms with Gasteiger partial charge < -0.3 is 26.3 Å². The van der Waals surface area contributed by atoms with Gasteiger partial charge in [-0.1, -0.05) is 84.6 Å². The van der Waals surface area contributed by atoms with Crippen LogP contribution in [0.4, 0.5) is 17.1 Å². The highest BCUT2D eigenvalue weighted by Crippen LogP contribution is 2.31. The van der Waals surface area contributed by atoms with E-state index in [0.29, 0.717) is 41.3 Å². The molecule has 5 aromatic carbocycles. The molecule has 1 amide bonds. The molecule has 0 radical (unpaired) electrons. The fourth-order valence-corrected chi connectivity index (χ4v) is 6.69. The molecule has 0 unspecified atom stereocenters. The van der Waals surface area contributed by atoms with Crippen LogP contribution in [0.15, 0.2) is 97.1 Å². The van der Waals surface area contributed by atoms with Gasteiger partial charge in [-0.3, -0.25) is 14.4 Å². The number of unbranched alkanes of at least 4 members (excludes halogenated alkanes) is 3. The number of benzene rings is 5. The number of nitrogens with two attached hydrogens (primary N) is 1. The molecule has 0 fully saturated rings. The van der Waals surface area contributed by atoms with E-state index in [-0.39, 0.29) is 5.91 Å². The first kappa shape index (κ1) is 38.6. The first-order chi connectivity index (χ1) is 25.7. The van der Waals surface area contributed by atoms with E-state index in [2.05, 4.69) is 77.8 Å². The van der Waals surface area contributed by atoms with Crippen molar-refractivity contribution in [2.75, 3.05) is 29.5 Å². The molecule has 0 saturated heterocycles. The van der Waals surface area contributed by atoms with E-state index < -0.39 is 0 Å². The van der Waals surface area contributed by atoms with Gasteiger partial charge in [0.15, 0.2) is 6.29 Å². The molecule has 0 atom stereocenters. The quantitative estimate of drug-likeness (QED) is 0.0475. The number of rotatable bonds is 15. The van der Waals surface area contributed by atoms with E-state index in [4.69, 9.17) is 17.3 Å². The number of amides is 1. The Morgan fingerprint density at radius 1 is 0.774 bits per heavy atom. The van der Waals surface area contributed by atoms with Crippen LogP contribution in [0.5, 0.6) is 0 Å². The Morgan fingerprint density at radius 3 is 2.26 bits per heavy atom. The summed E-state index contributed by atoms with van der Waals surface area (Å²) in [6, 6.07) is 30.9. The summed E-state index contributed by atoms with van der Waals surface area (Å²) in [7, 11) is 2.06. The number of aromatic nitrogens is 1. The Kier molecular flexibility index (Phi) is 13.7. The number of halogens is 1. The van der Waals surface area contributed by atoms with Crippen LogP contribution in [0.2, 0.25) is 5.02 Å². The van der Waals surface area contributed by atoms with E-state index in [1.54, 1.807) is 24.3 Å². The monoisotopic (exact) mass is 729 g/mol. The molecule has 0 bridgehead atoms. The maximum absolute atomic E-state index is 12.7. The molecule has 0 aliphatic carbocycles. The molecule has 1 aromatic heterocycles. The molecule has 274 valence electrons. The zero-order chi connectivity index (χ0) is 37.7. The number of aldehydes is 2. The lowest BCUT2D eigenvalue weighted by Gasteiger charge is -2.16. The lowest BCUT2D eigenvalue weighted by Crippen LogP contribution is -2.26. The molecule has 0 spiro atoms. The van der Waals surface area contributed by atoms with Gasteiger partial charge >= 0.3 is 0 Å². The molecule has 0 saturated carbocycles. The number of carbonyl (C=O) groups excluding carboxylic acids is 3. The van der Waals surface area contributed by atoms with Crippen LogP contribution < -0.4 is 21.7 Å². The van der Waals surface area contributed by atoms with Gasteiger partial charge in [-0.05, 0) is 85.7 Å². The molecule has 53 heavy (non-hydrogen) atoms. The number of nitrogens with zero attached hydrogens (tertiary/aromatic N) is 1. The maximum Gasteiger partial charge on any atom is 0.224 e. The van der Waals surface area contributed by atoms with E-state index in [1.165, 1.54) is 16.5 Å². The van der Waals surface area contributed by atoms with Gasteiger partial charge in [0.25, 0.3) is 0 Å². The van der Waals surface area contributed by atoms with Gasteiger partial charge in [0, 0.05) is 70.5 Å². The smallest absolute Gasteiger partial charge is 0.224 e. The van der Waals surface area contributed by atoms with Gasteiger partial charge in [0.1, 0.15) is 6.29 Å². The molecule has 6 aromatic rings. The number of hydrogen-bond donors (Lipinski definition) is 4. The minimum absolute atomic E-state index is 0.0798. The summed E-state index contributed by atoms with van der Waals surface area (Å²) in [6.07, 6.45) is 6.23. The number of anilines is 3. The van der Waals surface area contributed by atoms with Crippen molar-refractivity contribution < 1.29 is 14.4 Å². The van der Waals surface area contributed by atoms with Gasteiger partial charge in [0.2, 0.25) is 5.91 Å². The van der Waals surface area contributed by atoms with Crippen LogP contribution in [0.3, 0.4) is 0 Å². The van der Waals surface area contributed by atoms with Crippen molar-refractivity contribution >= 4 is 68.8 Å². The molecule has 9 heteroatoms. The van der Waals surface area contributed by atoms with Crippen molar-refractivity contribution in [3.05, 3.63) is 136 Å². The number of aryl methyl sites for hydroxylation is 2. The van der Waals surface area contributed by atoms with Gasteiger partial charge in [-0.2, -0.15) is 0 Å². The second-order valence-electron chi connectivity index (χ2n) is 13.3. The molecular weight excluding hydrogens is 682 g/mol. The fourth-order valence-electron chi connectivity index (χ4n) is 6.56. The van der Waals surface area contributed by atoms with Crippen molar-refractivity contribution in [2.45, 2.75) is 52.5 Å². The Labute approximate surface area is 316 Å². The number of nitrogens with one attached hydrogen (secondary N) is 3. The predicted octanol–water partition coefficient (Wildman–Crippen LogP) is 9.44. The lowest BCUT2D eigenvalue weighted by molar-refractivity contribution is -0.120. The zero-order valence-corrected chi connectivity index (χ0v) is 31.4. The second kappa shape index (κ2) is 18.8. The minimum atomic E-state index is 0.0798. The van der Waals surface area contributed by atoms with E-state index in [0.717, 1.165) is 83.8 Å². The van der Waals surface area contributed by atoms with Crippen molar-refractivity contribution in [3.63, 3.8) is 0 Å². The maximum atomic E-state index is 12.7. The van der Waals surface area contributed by atoms with Crippen molar-refractivity contribution in [1.82, 2.24) is 9.88 Å². The number of nitrogen functional groups attached to an aromatic ring is 1. The highest BCUT2D eigenvalue weighted by atomic mass is 35.5. The predicted molar refractivity (Wildman–Crippen MR) is 220 cm³/mol. The van der Waals surface area contributed by atoms with E-state index in [9.17, 15) is 14.4 Å². The Bertz CT molecular complexity index is 2190. The first-order valence-corrected chi connectivity index (χ1v) is 18.4. The largest absolute Gasteiger partial charge is 0.397 e. The van der Waals surface area contributed by atoms with Crippen LogP contribution >= 0.6 is 11.6 Å². The van der Waals surface area contributed by atoms with Crippen LogP contribution in [0.25, 0.3) is 21.7 Å². The standard InChI is InChI=1S/C37H43N5O2.C7H5ClO/c1-25-15-18-35-31(21-25)30(26(2)42(35)3)22-36(44)40-20-9-5-4-8-19-39-33-17-16-27(23-41-34-14-7-6-13-32(34)38)37-28(24-43)11-10-12-29(33)37;8-7-3-1-6(5-9)2-4-7/h6-7,10-18,21,24,39,41H,4-5,8-9,19-20,22-23,38H2,1-3H3,(H,40,44);1-5H. The summed E-state index contributed by atoms with van der Waals surface area (Å²) in [5.41, 5.74) is 15.7. The van der Waals surface area contributed by atoms with Crippen molar-refractivity contribution in [2.24, 2.45) is 7.05 Å². The average molecular weight is 730 g/mol. The molecule has 0 aliphatic heterocycles. The highest BCUT2D eigenvalue weighted by Gasteiger charge is 2.15. The summed E-state index contributed by atoms with van der Waals surface area (Å²) in [4.78, 5) is 34.7. The third-order valence-corrected chi connectivity index (χ3v) is 9.83. The Morgan fingerprint density at radius 2 is 1.53 bits per heavy atom. The summed E-state index contributed by atoms with van der Waals surface area (Å²) >= 11 is 5.55. The number of fused-ring (bicyclic) bond motifs is 2. The SMILES string of the molecule is Cc1ccc2c(c1)c(CC(=O)NCCCCCCNc1ccc(CNc3ccccc3N)c3c(C=O)cccc13)c(C)n2C.O=Cc1ccc(Cl)cc1. The second-order valence-corrected chi connectivity index (χ2v) is 13.7. The molecule has 8 nitrogen and oxygen atoms in total. The molecule has 5 N–H and O–H groups in total. The van der Waals surface area contributed by atoms with Crippen LogP contribution in [-0.4, -0.2) is 36.1 Å². The summed E-state index contributed by atoms with van der Waals surface area (Å²) in [5.74, 6) is 0.0798. The summed E-state index contributed by atoms with van der Waals surface area (Å²) in [6.45, 7) is 6.27. The number of hydrogen-bond acceptors (Lipinski definition) is 6. The summed E-state index contributed by atoms with van der Waals surface area (Å²) < 4.78 is 2.17. The molecular formula is C44H48ClN5O3. The third kappa shape index (κ3) is 10.1. The van der Waals surface area contributed by atoms with Gasteiger partial charge in [-0.25, -0.2) is 0 Å².